The first-order valence-electron chi connectivity index (χ1n) is 6.93. The highest BCUT2D eigenvalue weighted by Crippen LogP contribution is 2.22. The summed E-state index contributed by atoms with van der Waals surface area (Å²) in [5, 5.41) is 2.64. The van der Waals surface area contributed by atoms with Gasteiger partial charge in [-0.2, -0.15) is 0 Å². The molecule has 0 aromatic heterocycles. The van der Waals surface area contributed by atoms with Gasteiger partial charge in [0.25, 0.3) is 5.91 Å². The van der Waals surface area contributed by atoms with E-state index in [0.29, 0.717) is 24.2 Å². The molecule has 0 spiro atoms. The van der Waals surface area contributed by atoms with Crippen molar-refractivity contribution in [1.29, 1.82) is 0 Å². The van der Waals surface area contributed by atoms with E-state index in [-0.39, 0.29) is 30.3 Å². The minimum absolute atomic E-state index is 0. The van der Waals surface area contributed by atoms with Gasteiger partial charge in [-0.25, -0.2) is 0 Å². The fourth-order valence-corrected chi connectivity index (χ4v) is 2.64. The molecule has 1 heterocycles. The number of halogens is 1. The van der Waals surface area contributed by atoms with E-state index in [2.05, 4.69) is 5.32 Å². The van der Waals surface area contributed by atoms with Crippen molar-refractivity contribution in [1.82, 2.24) is 10.2 Å². The average Bonchev–Trinajstić information content (AvgIpc) is 2.48. The summed E-state index contributed by atoms with van der Waals surface area (Å²) in [6.07, 6.45) is 2.62. The lowest BCUT2D eigenvalue weighted by atomic mass is 9.98. The van der Waals surface area contributed by atoms with Gasteiger partial charge in [-0.05, 0) is 43.9 Å². The average molecular weight is 312 g/mol. The zero-order valence-electron chi connectivity index (χ0n) is 12.4. The Labute approximate surface area is 131 Å². The smallest absolute Gasteiger partial charge is 0.254 e. The van der Waals surface area contributed by atoms with Gasteiger partial charge in [-0.15, -0.1) is 12.4 Å². The second-order valence-electron chi connectivity index (χ2n) is 5.20. The molecule has 2 amide bonds. The summed E-state index contributed by atoms with van der Waals surface area (Å²) in [5.41, 5.74) is 7.79. The number of nitrogen functional groups attached to an aromatic ring is 1. The van der Waals surface area contributed by atoms with Crippen LogP contribution in [0.25, 0.3) is 0 Å². The first kappa shape index (κ1) is 17.3. The summed E-state index contributed by atoms with van der Waals surface area (Å²) in [4.78, 5) is 26.3. The number of anilines is 1. The van der Waals surface area contributed by atoms with Gasteiger partial charge in [0.05, 0.1) is 0 Å². The van der Waals surface area contributed by atoms with E-state index in [9.17, 15) is 9.59 Å². The van der Waals surface area contributed by atoms with Gasteiger partial charge < -0.3 is 16.0 Å². The van der Waals surface area contributed by atoms with E-state index in [1.165, 1.54) is 0 Å². The van der Waals surface area contributed by atoms with E-state index in [1.807, 2.05) is 13.0 Å². The molecular formula is C15H22ClN3O2. The van der Waals surface area contributed by atoms with Crippen LogP contribution in [0, 0.1) is 6.92 Å². The third-order valence-electron chi connectivity index (χ3n) is 3.80. The summed E-state index contributed by atoms with van der Waals surface area (Å²) < 4.78 is 0. The molecular weight excluding hydrogens is 290 g/mol. The molecule has 6 heteroatoms. The Kier molecular flexibility index (Phi) is 6.03. The van der Waals surface area contributed by atoms with Crippen LogP contribution >= 0.6 is 12.4 Å². The minimum atomic E-state index is -0.373. The monoisotopic (exact) mass is 311 g/mol. The molecule has 0 radical (unpaired) electrons. The second kappa shape index (κ2) is 7.31. The van der Waals surface area contributed by atoms with E-state index < -0.39 is 0 Å². The summed E-state index contributed by atoms with van der Waals surface area (Å²) in [6.45, 7) is 2.50. The van der Waals surface area contributed by atoms with Gasteiger partial charge >= 0.3 is 0 Å². The minimum Gasteiger partial charge on any atom is -0.399 e. The highest BCUT2D eigenvalue weighted by molar-refractivity contribution is 5.99. The SMILES string of the molecule is CNC(=O)C1CCCCN1C(=O)c1cc(N)ccc1C.Cl. The zero-order valence-corrected chi connectivity index (χ0v) is 13.2. The van der Waals surface area contributed by atoms with Crippen LogP contribution in [0.1, 0.15) is 35.2 Å². The fourth-order valence-electron chi connectivity index (χ4n) is 2.64. The van der Waals surface area contributed by atoms with Crippen LogP contribution in [0.2, 0.25) is 0 Å². The number of piperidine rings is 1. The lowest BCUT2D eigenvalue weighted by molar-refractivity contribution is -0.126. The molecule has 1 fully saturated rings. The summed E-state index contributed by atoms with van der Waals surface area (Å²) in [6, 6.07) is 4.93. The molecule has 0 bridgehead atoms. The molecule has 116 valence electrons. The van der Waals surface area contributed by atoms with Gasteiger partial charge in [0.1, 0.15) is 6.04 Å². The molecule has 1 saturated heterocycles. The van der Waals surface area contributed by atoms with Gasteiger partial charge in [0, 0.05) is 24.8 Å². The number of benzene rings is 1. The van der Waals surface area contributed by atoms with Gasteiger partial charge in [0.15, 0.2) is 0 Å². The number of rotatable bonds is 2. The Morgan fingerprint density at radius 1 is 1.33 bits per heavy atom. The van der Waals surface area contributed by atoms with Crippen molar-refractivity contribution in [2.75, 3.05) is 19.3 Å². The summed E-state index contributed by atoms with van der Waals surface area (Å²) in [5.74, 6) is -0.206. The molecule has 1 aromatic carbocycles. The number of hydrogen-bond donors (Lipinski definition) is 2. The molecule has 1 aromatic rings. The Morgan fingerprint density at radius 2 is 2.05 bits per heavy atom. The number of nitrogens with two attached hydrogens (primary N) is 1. The quantitative estimate of drug-likeness (QED) is 0.817. The molecule has 3 N–H and O–H groups in total. The maximum Gasteiger partial charge on any atom is 0.254 e. The number of carbonyl (C=O) groups excluding carboxylic acids is 2. The maximum atomic E-state index is 12.7. The number of aryl methyl sites for hydroxylation is 1. The lowest BCUT2D eigenvalue weighted by Gasteiger charge is -2.34. The topological polar surface area (TPSA) is 75.4 Å². The highest BCUT2D eigenvalue weighted by atomic mass is 35.5. The van der Waals surface area contributed by atoms with E-state index in [0.717, 1.165) is 18.4 Å². The Morgan fingerprint density at radius 3 is 2.71 bits per heavy atom. The van der Waals surface area contributed by atoms with Crippen LogP contribution in [-0.2, 0) is 4.79 Å². The molecule has 0 aliphatic carbocycles. The van der Waals surface area contributed by atoms with Gasteiger partial charge in [-0.3, -0.25) is 9.59 Å². The fraction of sp³-hybridized carbons (Fsp3) is 0.467. The molecule has 1 unspecified atom stereocenters. The van der Waals surface area contributed by atoms with Gasteiger partial charge in [0.2, 0.25) is 5.91 Å². The molecule has 5 nitrogen and oxygen atoms in total. The summed E-state index contributed by atoms with van der Waals surface area (Å²) in [7, 11) is 1.60. The Hall–Kier alpha value is -1.75. The van der Waals surface area contributed by atoms with Crippen molar-refractivity contribution >= 4 is 29.9 Å². The van der Waals surface area contributed by atoms with Crippen molar-refractivity contribution in [2.24, 2.45) is 0 Å². The first-order chi connectivity index (χ1) is 9.54. The molecule has 2 rings (SSSR count). The van der Waals surface area contributed by atoms with Crippen molar-refractivity contribution in [2.45, 2.75) is 32.2 Å². The van der Waals surface area contributed by atoms with Crippen LogP contribution in [0.5, 0.6) is 0 Å². The standard InChI is InChI=1S/C15H21N3O2.ClH/c1-10-6-7-11(16)9-12(10)15(20)18-8-4-3-5-13(18)14(19)17-2;/h6-7,9,13H,3-5,8,16H2,1-2H3,(H,17,19);1H. The molecule has 1 aliphatic rings. The zero-order chi connectivity index (χ0) is 14.7. The van der Waals surface area contributed by atoms with E-state index in [1.54, 1.807) is 24.1 Å². The number of carbonyl (C=O) groups is 2. The Balaban J connectivity index is 0.00000220. The highest BCUT2D eigenvalue weighted by Gasteiger charge is 2.32. The van der Waals surface area contributed by atoms with E-state index >= 15 is 0 Å². The molecule has 1 atom stereocenters. The van der Waals surface area contributed by atoms with Crippen molar-refractivity contribution in [3.8, 4) is 0 Å². The predicted octanol–water partition coefficient (Wildman–Crippen LogP) is 1.74. The van der Waals surface area contributed by atoms with E-state index in [4.69, 9.17) is 5.73 Å². The molecule has 1 aliphatic heterocycles. The van der Waals surface area contributed by atoms with Crippen LogP contribution in [0.15, 0.2) is 18.2 Å². The predicted molar refractivity (Wildman–Crippen MR) is 85.6 cm³/mol. The van der Waals surface area contributed by atoms with Crippen molar-refractivity contribution < 1.29 is 9.59 Å². The van der Waals surface area contributed by atoms with Crippen molar-refractivity contribution in [3.63, 3.8) is 0 Å². The lowest BCUT2D eigenvalue weighted by Crippen LogP contribution is -2.51. The van der Waals surface area contributed by atoms with Gasteiger partial charge in [-0.1, -0.05) is 6.07 Å². The number of nitrogens with zero attached hydrogens (tertiary/aromatic N) is 1. The van der Waals surface area contributed by atoms with Crippen molar-refractivity contribution in [3.05, 3.63) is 29.3 Å². The number of hydrogen-bond acceptors (Lipinski definition) is 3. The summed E-state index contributed by atoms with van der Waals surface area (Å²) >= 11 is 0. The van der Waals surface area contributed by atoms with Crippen LogP contribution in [0.4, 0.5) is 5.69 Å². The molecule has 0 saturated carbocycles. The van der Waals surface area contributed by atoms with Crippen LogP contribution in [0.3, 0.4) is 0 Å². The molecule has 21 heavy (non-hydrogen) atoms. The second-order valence-corrected chi connectivity index (χ2v) is 5.20. The number of likely N-dealkylation sites (tertiary alicyclic amines) is 1. The first-order valence-corrected chi connectivity index (χ1v) is 6.93. The number of likely N-dealkylation sites (N-methyl/N-ethyl adjacent to an activating group) is 1. The normalized spacial score (nSPS) is 17.8. The largest absolute Gasteiger partial charge is 0.399 e. The number of amides is 2. The maximum absolute atomic E-state index is 12.7. The Bertz CT molecular complexity index is 534. The third-order valence-corrected chi connectivity index (χ3v) is 3.80. The number of nitrogens with one attached hydrogen (secondary N) is 1. The third kappa shape index (κ3) is 3.67. The van der Waals surface area contributed by atoms with Crippen LogP contribution in [-0.4, -0.2) is 36.3 Å². The van der Waals surface area contributed by atoms with Crippen LogP contribution < -0.4 is 11.1 Å².